The van der Waals surface area contributed by atoms with Crippen molar-refractivity contribution >= 4 is 5.71 Å². The van der Waals surface area contributed by atoms with Crippen LogP contribution in [0.2, 0.25) is 0 Å². The molecule has 102 valence electrons. The van der Waals surface area contributed by atoms with Gasteiger partial charge < -0.3 is 0 Å². The van der Waals surface area contributed by atoms with Gasteiger partial charge in [0.15, 0.2) is 0 Å². The van der Waals surface area contributed by atoms with Gasteiger partial charge in [0.25, 0.3) is 0 Å². The van der Waals surface area contributed by atoms with E-state index in [1.165, 1.54) is 41.6 Å². The number of fused-ring (bicyclic) bond motifs is 1. The number of aliphatic imine (C=N–C) groups is 1. The van der Waals surface area contributed by atoms with E-state index in [1.807, 2.05) is 0 Å². The molecule has 0 atom stereocenters. The van der Waals surface area contributed by atoms with Crippen LogP contribution in [0.4, 0.5) is 0 Å². The summed E-state index contributed by atoms with van der Waals surface area (Å²) in [6.07, 6.45) is 18.9. The molecule has 0 saturated heterocycles. The van der Waals surface area contributed by atoms with E-state index >= 15 is 0 Å². The van der Waals surface area contributed by atoms with Gasteiger partial charge in [-0.1, -0.05) is 12.0 Å². The molecule has 0 amide bonds. The SMILES string of the molecule is C#C/C=C\N=C(C)C1=C2CCCCC=C2CC=C=C1C. The van der Waals surface area contributed by atoms with Gasteiger partial charge in [0.05, 0.1) is 0 Å². The molecule has 0 aromatic carbocycles. The van der Waals surface area contributed by atoms with Gasteiger partial charge in [0.2, 0.25) is 0 Å². The monoisotopic (exact) mass is 263 g/mol. The topological polar surface area (TPSA) is 12.4 Å². The van der Waals surface area contributed by atoms with Crippen LogP contribution < -0.4 is 0 Å². The molecule has 1 heteroatoms. The maximum Gasteiger partial charge on any atom is 0.0456 e. The van der Waals surface area contributed by atoms with E-state index < -0.39 is 0 Å². The van der Waals surface area contributed by atoms with Crippen LogP contribution in [0.5, 0.6) is 0 Å². The summed E-state index contributed by atoms with van der Waals surface area (Å²) in [5.41, 5.74) is 9.77. The molecular formula is C19H21N. The van der Waals surface area contributed by atoms with E-state index in [9.17, 15) is 0 Å². The second-order valence-corrected chi connectivity index (χ2v) is 5.20. The highest BCUT2D eigenvalue weighted by molar-refractivity contribution is 6.03. The highest BCUT2D eigenvalue weighted by atomic mass is 14.7. The molecule has 0 saturated carbocycles. The molecule has 0 aromatic rings. The largest absolute Gasteiger partial charge is 0.260 e. The third kappa shape index (κ3) is 3.29. The number of rotatable bonds is 2. The minimum Gasteiger partial charge on any atom is -0.260 e. The first-order valence-electron chi connectivity index (χ1n) is 7.24. The molecule has 0 spiro atoms. The zero-order chi connectivity index (χ0) is 14.4. The Morgan fingerprint density at radius 1 is 1.45 bits per heavy atom. The van der Waals surface area contributed by atoms with Gasteiger partial charge in [-0.2, -0.15) is 0 Å². The molecule has 0 aromatic heterocycles. The van der Waals surface area contributed by atoms with Crippen molar-refractivity contribution in [2.24, 2.45) is 4.99 Å². The van der Waals surface area contributed by atoms with Crippen LogP contribution in [0.15, 0.2) is 57.4 Å². The molecule has 0 fully saturated rings. The fraction of sp³-hybridized carbons (Fsp3) is 0.368. The van der Waals surface area contributed by atoms with Gasteiger partial charge in [0.1, 0.15) is 0 Å². The van der Waals surface area contributed by atoms with E-state index in [4.69, 9.17) is 6.42 Å². The van der Waals surface area contributed by atoms with Crippen molar-refractivity contribution in [3.63, 3.8) is 0 Å². The van der Waals surface area contributed by atoms with E-state index in [2.05, 4.69) is 42.6 Å². The first-order chi connectivity index (χ1) is 9.74. The zero-order valence-electron chi connectivity index (χ0n) is 12.4. The van der Waals surface area contributed by atoms with Crippen molar-refractivity contribution in [3.05, 3.63) is 52.5 Å². The summed E-state index contributed by atoms with van der Waals surface area (Å²) in [6, 6.07) is 0. The molecule has 0 N–H and O–H groups in total. The maximum absolute atomic E-state index is 5.22. The Hall–Kier alpha value is -2.03. The lowest BCUT2D eigenvalue weighted by Crippen LogP contribution is -2.04. The molecule has 2 aliphatic carbocycles. The summed E-state index contributed by atoms with van der Waals surface area (Å²) < 4.78 is 0. The summed E-state index contributed by atoms with van der Waals surface area (Å²) in [5, 5.41) is 0. The van der Waals surface area contributed by atoms with E-state index in [0.29, 0.717) is 0 Å². The standard InChI is InChI=1S/C19H21N/c1-4-5-14-20-16(3)19-15(2)10-9-12-17-11-7-6-8-13-18(17)19/h1,5,9,11,14H,6-8,12-13H2,2-3H3/b14-5-,20-16?. The Morgan fingerprint density at radius 3 is 3.10 bits per heavy atom. The molecule has 20 heavy (non-hydrogen) atoms. The number of hydrogen-bond donors (Lipinski definition) is 0. The Balaban J connectivity index is 2.53. The Kier molecular flexibility index (Phi) is 4.99. The van der Waals surface area contributed by atoms with Gasteiger partial charge in [-0.05, 0) is 68.7 Å². The molecule has 0 aliphatic heterocycles. The minimum absolute atomic E-state index is 0.990. The smallest absolute Gasteiger partial charge is 0.0456 e. The average molecular weight is 263 g/mol. The van der Waals surface area contributed by atoms with Crippen LogP contribution in [0, 0.1) is 12.3 Å². The maximum atomic E-state index is 5.22. The third-order valence-corrected chi connectivity index (χ3v) is 3.78. The van der Waals surface area contributed by atoms with E-state index in [-0.39, 0.29) is 0 Å². The molecule has 0 unspecified atom stereocenters. The van der Waals surface area contributed by atoms with Crippen LogP contribution in [-0.2, 0) is 0 Å². The van der Waals surface area contributed by atoms with Crippen LogP contribution in [-0.4, -0.2) is 5.71 Å². The second kappa shape index (κ2) is 6.94. The molecule has 0 radical (unpaired) electrons. The van der Waals surface area contributed by atoms with Crippen molar-refractivity contribution in [2.45, 2.75) is 46.0 Å². The highest BCUT2D eigenvalue weighted by Gasteiger charge is 2.18. The summed E-state index contributed by atoms with van der Waals surface area (Å²) in [6.45, 7) is 4.18. The lowest BCUT2D eigenvalue weighted by atomic mass is 9.90. The number of hydrogen-bond acceptors (Lipinski definition) is 1. The average Bonchev–Trinajstić information content (AvgIpc) is 2.72. The second-order valence-electron chi connectivity index (χ2n) is 5.20. The van der Waals surface area contributed by atoms with Crippen molar-refractivity contribution in [1.29, 1.82) is 0 Å². The first kappa shape index (κ1) is 14.4. The van der Waals surface area contributed by atoms with Crippen molar-refractivity contribution in [1.82, 2.24) is 0 Å². The predicted octanol–water partition coefficient (Wildman–Crippen LogP) is 4.90. The van der Waals surface area contributed by atoms with Crippen molar-refractivity contribution < 1.29 is 0 Å². The van der Waals surface area contributed by atoms with Gasteiger partial charge in [-0.15, -0.1) is 12.2 Å². The normalized spacial score (nSPS) is 19.9. The third-order valence-electron chi connectivity index (χ3n) is 3.78. The molecule has 0 bridgehead atoms. The molecule has 0 heterocycles. The first-order valence-corrected chi connectivity index (χ1v) is 7.24. The lowest BCUT2D eigenvalue weighted by Gasteiger charge is -2.14. The summed E-state index contributed by atoms with van der Waals surface area (Å²) in [7, 11) is 0. The van der Waals surface area contributed by atoms with Gasteiger partial charge in [-0.3, -0.25) is 4.99 Å². The van der Waals surface area contributed by atoms with Crippen LogP contribution in [0.25, 0.3) is 0 Å². The predicted molar refractivity (Wildman–Crippen MR) is 86.5 cm³/mol. The quantitative estimate of drug-likeness (QED) is 0.382. The fourth-order valence-electron chi connectivity index (χ4n) is 2.86. The van der Waals surface area contributed by atoms with Crippen molar-refractivity contribution in [2.75, 3.05) is 0 Å². The molecule has 2 aliphatic rings. The molecular weight excluding hydrogens is 242 g/mol. The fourth-order valence-corrected chi connectivity index (χ4v) is 2.86. The van der Waals surface area contributed by atoms with Crippen LogP contribution in [0.1, 0.15) is 46.0 Å². The highest BCUT2D eigenvalue weighted by Crippen LogP contribution is 2.33. The Bertz CT molecular complexity index is 609. The van der Waals surface area contributed by atoms with Gasteiger partial charge in [-0.25, -0.2) is 0 Å². The number of nitrogens with zero attached hydrogens (tertiary/aromatic N) is 1. The number of allylic oxidation sites excluding steroid dienone is 6. The molecule has 1 nitrogen and oxygen atoms in total. The number of terminal acetylenes is 1. The van der Waals surface area contributed by atoms with E-state index in [0.717, 1.165) is 18.6 Å². The van der Waals surface area contributed by atoms with Gasteiger partial charge >= 0.3 is 0 Å². The Morgan fingerprint density at radius 2 is 2.30 bits per heavy atom. The Labute approximate surface area is 122 Å². The van der Waals surface area contributed by atoms with Crippen molar-refractivity contribution in [3.8, 4) is 12.3 Å². The summed E-state index contributed by atoms with van der Waals surface area (Å²) in [5.74, 6) is 2.47. The van der Waals surface area contributed by atoms with Crippen LogP contribution in [0.3, 0.4) is 0 Å². The summed E-state index contributed by atoms with van der Waals surface area (Å²) >= 11 is 0. The van der Waals surface area contributed by atoms with Gasteiger partial charge in [0, 0.05) is 23.6 Å². The minimum atomic E-state index is 0.990. The van der Waals surface area contributed by atoms with Crippen LogP contribution >= 0.6 is 0 Å². The van der Waals surface area contributed by atoms with E-state index in [1.54, 1.807) is 12.3 Å². The molecule has 2 rings (SSSR count). The summed E-state index contributed by atoms with van der Waals surface area (Å²) in [4.78, 5) is 4.49. The lowest BCUT2D eigenvalue weighted by molar-refractivity contribution is 0.763. The zero-order valence-corrected chi connectivity index (χ0v) is 12.4.